The maximum absolute atomic E-state index is 12.4. The molecule has 5 nitrogen and oxygen atoms in total. The van der Waals surface area contributed by atoms with Crippen LogP contribution in [0.5, 0.6) is 0 Å². The van der Waals surface area contributed by atoms with Crippen LogP contribution in [0.2, 0.25) is 0 Å². The van der Waals surface area contributed by atoms with Gasteiger partial charge in [-0.05, 0) is 38.2 Å². The van der Waals surface area contributed by atoms with E-state index in [1.807, 2.05) is 25.1 Å². The van der Waals surface area contributed by atoms with Crippen LogP contribution in [0, 0.1) is 19.8 Å². The molecule has 0 bridgehead atoms. The van der Waals surface area contributed by atoms with Gasteiger partial charge in [-0.1, -0.05) is 41.9 Å². The van der Waals surface area contributed by atoms with Gasteiger partial charge in [-0.25, -0.2) is 4.79 Å². The Hall–Kier alpha value is -2.30. The molecule has 0 aliphatic heterocycles. The van der Waals surface area contributed by atoms with E-state index >= 15 is 0 Å². The van der Waals surface area contributed by atoms with E-state index in [0.717, 1.165) is 18.4 Å². The van der Waals surface area contributed by atoms with Crippen LogP contribution in [0.25, 0.3) is 0 Å². The summed E-state index contributed by atoms with van der Waals surface area (Å²) in [6, 6.07) is 9.98. The Labute approximate surface area is 130 Å². The molecular formula is C17H21N3O2. The van der Waals surface area contributed by atoms with Gasteiger partial charge in [0.2, 0.25) is 0 Å². The van der Waals surface area contributed by atoms with Gasteiger partial charge in [-0.15, -0.1) is 0 Å². The number of hydrogen-bond acceptors (Lipinski definition) is 3. The second kappa shape index (κ2) is 6.22. The number of nitrogens with zero attached hydrogens (tertiary/aromatic N) is 1. The van der Waals surface area contributed by atoms with E-state index in [9.17, 15) is 4.79 Å². The standard InChI is InChI=1S/C17H21N3O2/c1-11-15(12(2)22-20-11)18-17(21)19-16(14-9-6-10-14)13-7-4-3-5-8-13/h3-5,7-8,14,16H,6,9-10H2,1-2H3,(H2,18,19,21)/t16-/m1/s1. The van der Waals surface area contributed by atoms with Crippen LogP contribution in [0.3, 0.4) is 0 Å². The minimum Gasteiger partial charge on any atom is -0.359 e. The third-order valence-corrected chi connectivity index (χ3v) is 4.34. The van der Waals surface area contributed by atoms with Crippen molar-refractivity contribution in [3.8, 4) is 0 Å². The van der Waals surface area contributed by atoms with Crippen molar-refractivity contribution in [2.24, 2.45) is 5.92 Å². The maximum atomic E-state index is 12.4. The number of hydrogen-bond donors (Lipinski definition) is 2. The van der Waals surface area contributed by atoms with Crippen molar-refractivity contribution in [3.05, 3.63) is 47.3 Å². The highest BCUT2D eigenvalue weighted by Crippen LogP contribution is 2.37. The fraction of sp³-hybridized carbons (Fsp3) is 0.412. The van der Waals surface area contributed by atoms with Gasteiger partial charge in [0.1, 0.15) is 11.4 Å². The second-order valence-electron chi connectivity index (χ2n) is 5.88. The number of aromatic nitrogens is 1. The summed E-state index contributed by atoms with van der Waals surface area (Å²) in [6.07, 6.45) is 3.55. The van der Waals surface area contributed by atoms with E-state index in [1.54, 1.807) is 6.92 Å². The molecule has 116 valence electrons. The number of anilines is 1. The molecule has 2 aromatic rings. The number of benzene rings is 1. The largest absolute Gasteiger partial charge is 0.359 e. The molecule has 1 aromatic heterocycles. The SMILES string of the molecule is Cc1noc(C)c1NC(=O)N[C@H](c1ccccc1)C1CCC1. The van der Waals surface area contributed by atoms with Crippen LogP contribution in [0.1, 0.15) is 42.3 Å². The number of rotatable bonds is 4. The molecule has 0 spiro atoms. The lowest BCUT2D eigenvalue weighted by Gasteiger charge is -2.34. The number of carbonyl (C=O) groups excluding carboxylic acids is 1. The first-order valence-electron chi connectivity index (χ1n) is 7.70. The smallest absolute Gasteiger partial charge is 0.319 e. The average molecular weight is 299 g/mol. The van der Waals surface area contributed by atoms with Gasteiger partial charge in [-0.2, -0.15) is 0 Å². The van der Waals surface area contributed by atoms with Gasteiger partial charge in [0.25, 0.3) is 0 Å². The first-order valence-corrected chi connectivity index (χ1v) is 7.70. The summed E-state index contributed by atoms with van der Waals surface area (Å²) in [6.45, 7) is 3.60. The van der Waals surface area contributed by atoms with Crippen molar-refractivity contribution >= 4 is 11.7 Å². The topological polar surface area (TPSA) is 67.2 Å². The lowest BCUT2D eigenvalue weighted by molar-refractivity contribution is 0.216. The van der Waals surface area contributed by atoms with E-state index in [2.05, 4.69) is 27.9 Å². The van der Waals surface area contributed by atoms with Crippen molar-refractivity contribution in [2.45, 2.75) is 39.2 Å². The predicted octanol–water partition coefficient (Wildman–Crippen LogP) is 3.95. The highest BCUT2D eigenvalue weighted by atomic mass is 16.5. The summed E-state index contributed by atoms with van der Waals surface area (Å²) >= 11 is 0. The van der Waals surface area contributed by atoms with Crippen molar-refractivity contribution in [1.82, 2.24) is 10.5 Å². The van der Waals surface area contributed by atoms with Crippen molar-refractivity contribution in [2.75, 3.05) is 5.32 Å². The molecule has 1 aromatic carbocycles. The number of aryl methyl sites for hydroxylation is 2. The fourth-order valence-corrected chi connectivity index (χ4v) is 2.86. The summed E-state index contributed by atoms with van der Waals surface area (Å²) in [5.74, 6) is 1.13. The molecular weight excluding hydrogens is 278 g/mol. The molecule has 0 saturated heterocycles. The van der Waals surface area contributed by atoms with Crippen LogP contribution in [0.4, 0.5) is 10.5 Å². The van der Waals surface area contributed by atoms with Gasteiger partial charge in [0.05, 0.1) is 6.04 Å². The monoisotopic (exact) mass is 299 g/mol. The highest BCUT2D eigenvalue weighted by molar-refractivity contribution is 5.90. The number of carbonyl (C=O) groups is 1. The Morgan fingerprint density at radius 1 is 1.27 bits per heavy atom. The zero-order valence-corrected chi connectivity index (χ0v) is 12.9. The van der Waals surface area contributed by atoms with Gasteiger partial charge in [0.15, 0.2) is 5.76 Å². The Morgan fingerprint density at radius 3 is 2.55 bits per heavy atom. The third kappa shape index (κ3) is 2.98. The normalized spacial score (nSPS) is 15.9. The van der Waals surface area contributed by atoms with E-state index in [0.29, 0.717) is 23.1 Å². The minimum absolute atomic E-state index is 0.0513. The second-order valence-corrected chi connectivity index (χ2v) is 5.88. The van der Waals surface area contributed by atoms with Gasteiger partial charge in [-0.3, -0.25) is 0 Å². The Balaban J connectivity index is 1.72. The Kier molecular flexibility index (Phi) is 4.13. The molecule has 22 heavy (non-hydrogen) atoms. The van der Waals surface area contributed by atoms with E-state index in [4.69, 9.17) is 4.52 Å². The molecule has 3 rings (SSSR count). The van der Waals surface area contributed by atoms with Crippen LogP contribution in [-0.2, 0) is 0 Å². The number of nitrogens with one attached hydrogen (secondary N) is 2. The molecule has 5 heteroatoms. The first-order chi connectivity index (χ1) is 10.6. The predicted molar refractivity (Wildman–Crippen MR) is 84.7 cm³/mol. The van der Waals surface area contributed by atoms with E-state index < -0.39 is 0 Å². The lowest BCUT2D eigenvalue weighted by Crippen LogP contribution is -2.38. The quantitative estimate of drug-likeness (QED) is 0.898. The molecule has 0 unspecified atom stereocenters. The number of amides is 2. The molecule has 1 atom stereocenters. The maximum Gasteiger partial charge on any atom is 0.319 e. The molecule has 1 aliphatic rings. The molecule has 0 radical (unpaired) electrons. The van der Waals surface area contributed by atoms with Crippen molar-refractivity contribution in [3.63, 3.8) is 0 Å². The summed E-state index contributed by atoms with van der Waals surface area (Å²) in [7, 11) is 0. The lowest BCUT2D eigenvalue weighted by atomic mass is 9.77. The molecule has 1 fully saturated rings. The summed E-state index contributed by atoms with van der Waals surface area (Å²) in [5, 5.41) is 9.82. The Bertz CT molecular complexity index is 628. The van der Waals surface area contributed by atoms with Crippen LogP contribution >= 0.6 is 0 Å². The minimum atomic E-state index is -0.213. The van der Waals surface area contributed by atoms with Gasteiger partial charge in [0, 0.05) is 0 Å². The average Bonchev–Trinajstić information content (AvgIpc) is 2.77. The third-order valence-electron chi connectivity index (χ3n) is 4.34. The first kappa shape index (κ1) is 14.6. The molecule has 1 saturated carbocycles. The van der Waals surface area contributed by atoms with E-state index in [-0.39, 0.29) is 12.1 Å². The molecule has 1 heterocycles. The van der Waals surface area contributed by atoms with Crippen LogP contribution in [0.15, 0.2) is 34.9 Å². The summed E-state index contributed by atoms with van der Waals surface area (Å²) < 4.78 is 5.07. The summed E-state index contributed by atoms with van der Waals surface area (Å²) in [5.41, 5.74) is 2.49. The number of urea groups is 1. The van der Waals surface area contributed by atoms with Gasteiger partial charge < -0.3 is 15.2 Å². The van der Waals surface area contributed by atoms with Crippen LogP contribution < -0.4 is 10.6 Å². The molecule has 1 aliphatic carbocycles. The van der Waals surface area contributed by atoms with Crippen LogP contribution in [-0.4, -0.2) is 11.2 Å². The Morgan fingerprint density at radius 2 is 2.00 bits per heavy atom. The van der Waals surface area contributed by atoms with Crippen molar-refractivity contribution < 1.29 is 9.32 Å². The zero-order chi connectivity index (χ0) is 15.5. The van der Waals surface area contributed by atoms with Gasteiger partial charge >= 0.3 is 6.03 Å². The summed E-state index contributed by atoms with van der Waals surface area (Å²) in [4.78, 5) is 12.4. The molecule has 2 amide bonds. The zero-order valence-electron chi connectivity index (χ0n) is 12.9. The highest BCUT2D eigenvalue weighted by Gasteiger charge is 2.30. The fourth-order valence-electron chi connectivity index (χ4n) is 2.86. The van der Waals surface area contributed by atoms with Crippen molar-refractivity contribution in [1.29, 1.82) is 0 Å². The van der Waals surface area contributed by atoms with E-state index in [1.165, 1.54) is 6.42 Å². The molecule has 2 N–H and O–H groups in total.